The summed E-state index contributed by atoms with van der Waals surface area (Å²) in [5.41, 5.74) is 2.00. The molecule has 0 atom stereocenters. The molecule has 0 spiro atoms. The van der Waals surface area contributed by atoms with Crippen molar-refractivity contribution in [3.8, 4) is 0 Å². The number of rotatable bonds is 7. The molecule has 1 heterocycles. The summed E-state index contributed by atoms with van der Waals surface area (Å²) in [5, 5.41) is 2.40. The van der Waals surface area contributed by atoms with Gasteiger partial charge in [0.25, 0.3) is 0 Å². The van der Waals surface area contributed by atoms with Gasteiger partial charge in [-0.15, -0.1) is 11.3 Å². The van der Waals surface area contributed by atoms with E-state index in [1.54, 1.807) is 35.6 Å². The summed E-state index contributed by atoms with van der Waals surface area (Å²) in [6, 6.07) is 7.11. The van der Waals surface area contributed by atoms with Crippen LogP contribution >= 0.6 is 11.3 Å². The van der Waals surface area contributed by atoms with Crippen molar-refractivity contribution in [3.05, 3.63) is 46.5 Å². The first-order valence-electron chi connectivity index (χ1n) is 7.52. The Kier molecular flexibility index (Phi) is 6.45. The number of hydrogen-bond donors (Lipinski definition) is 0. The predicted molar refractivity (Wildman–Crippen MR) is 92.1 cm³/mol. The van der Waals surface area contributed by atoms with Crippen LogP contribution in [0.25, 0.3) is 0 Å². The number of carbonyl (C=O) groups is 2. The molecule has 0 aliphatic heterocycles. The highest BCUT2D eigenvalue weighted by Gasteiger charge is 2.14. The standard InChI is InChI=1S/C17H20N2O4S/c1-4-19(12(2)20)17-18-15(11-24-17)10-23-16(21)14-7-5-6-13(8-14)9-22-3/h5-8,11H,4,9-10H2,1-3H3. The van der Waals surface area contributed by atoms with Gasteiger partial charge in [-0.05, 0) is 24.6 Å². The number of thiazole rings is 1. The lowest BCUT2D eigenvalue weighted by Crippen LogP contribution is -2.27. The number of hydrogen-bond acceptors (Lipinski definition) is 6. The molecule has 0 aliphatic carbocycles. The lowest BCUT2D eigenvalue weighted by molar-refractivity contribution is -0.116. The smallest absolute Gasteiger partial charge is 0.338 e. The van der Waals surface area contributed by atoms with Crippen molar-refractivity contribution in [2.45, 2.75) is 27.1 Å². The number of carbonyl (C=O) groups excluding carboxylic acids is 2. The minimum Gasteiger partial charge on any atom is -0.456 e. The van der Waals surface area contributed by atoms with Gasteiger partial charge >= 0.3 is 5.97 Å². The summed E-state index contributed by atoms with van der Waals surface area (Å²) in [5.74, 6) is -0.480. The molecule has 128 valence electrons. The molecular formula is C17H20N2O4S. The molecule has 0 fully saturated rings. The van der Waals surface area contributed by atoms with E-state index >= 15 is 0 Å². The van der Waals surface area contributed by atoms with E-state index in [9.17, 15) is 9.59 Å². The Hall–Kier alpha value is -2.25. The van der Waals surface area contributed by atoms with Crippen molar-refractivity contribution in [2.75, 3.05) is 18.6 Å². The van der Waals surface area contributed by atoms with Crippen molar-refractivity contribution in [2.24, 2.45) is 0 Å². The molecule has 0 saturated heterocycles. The van der Waals surface area contributed by atoms with Gasteiger partial charge in [0.05, 0.1) is 17.9 Å². The zero-order chi connectivity index (χ0) is 17.5. The first-order chi connectivity index (χ1) is 11.5. The molecule has 0 aliphatic rings. The molecule has 2 aromatic rings. The maximum atomic E-state index is 12.1. The molecule has 1 aromatic carbocycles. The number of anilines is 1. The average molecular weight is 348 g/mol. The van der Waals surface area contributed by atoms with Crippen molar-refractivity contribution >= 4 is 28.3 Å². The van der Waals surface area contributed by atoms with Crippen LogP contribution < -0.4 is 4.90 Å². The van der Waals surface area contributed by atoms with Gasteiger partial charge in [-0.1, -0.05) is 12.1 Å². The van der Waals surface area contributed by atoms with Crippen LogP contribution in [-0.4, -0.2) is 30.5 Å². The lowest BCUT2D eigenvalue weighted by Gasteiger charge is -2.14. The van der Waals surface area contributed by atoms with Gasteiger partial charge in [0, 0.05) is 26.0 Å². The summed E-state index contributed by atoms with van der Waals surface area (Å²) in [6.45, 7) is 4.44. The topological polar surface area (TPSA) is 68.7 Å². The van der Waals surface area contributed by atoms with Crippen LogP contribution in [0.3, 0.4) is 0 Å². The highest BCUT2D eigenvalue weighted by Crippen LogP contribution is 2.21. The average Bonchev–Trinajstić information content (AvgIpc) is 3.02. The number of nitrogens with zero attached hydrogens (tertiary/aromatic N) is 2. The fourth-order valence-corrected chi connectivity index (χ4v) is 3.07. The first-order valence-corrected chi connectivity index (χ1v) is 8.40. The number of methoxy groups -OCH3 is 1. The quantitative estimate of drug-likeness (QED) is 0.720. The number of esters is 1. The van der Waals surface area contributed by atoms with E-state index in [-0.39, 0.29) is 12.5 Å². The van der Waals surface area contributed by atoms with Crippen LogP contribution in [0.15, 0.2) is 29.6 Å². The SMILES string of the molecule is CCN(C(C)=O)c1nc(COC(=O)c2cccc(COC)c2)cs1. The molecule has 1 amide bonds. The fourth-order valence-electron chi connectivity index (χ4n) is 2.16. The normalized spacial score (nSPS) is 10.5. The number of ether oxygens (including phenoxy) is 2. The summed E-state index contributed by atoms with van der Waals surface area (Å²) in [7, 11) is 1.60. The molecular weight excluding hydrogens is 328 g/mol. The predicted octanol–water partition coefficient (Wildman–Crippen LogP) is 3.02. The third-order valence-corrected chi connectivity index (χ3v) is 4.20. The van der Waals surface area contributed by atoms with Crippen LogP contribution in [0.5, 0.6) is 0 Å². The van der Waals surface area contributed by atoms with Gasteiger partial charge in [-0.25, -0.2) is 9.78 Å². The summed E-state index contributed by atoms with van der Waals surface area (Å²) in [4.78, 5) is 29.6. The Labute approximate surface area is 145 Å². The Morgan fingerprint density at radius 1 is 1.29 bits per heavy atom. The van der Waals surface area contributed by atoms with E-state index in [0.717, 1.165) is 5.56 Å². The van der Waals surface area contributed by atoms with Gasteiger partial charge in [-0.2, -0.15) is 0 Å². The van der Waals surface area contributed by atoms with Gasteiger partial charge in [0.15, 0.2) is 5.13 Å². The lowest BCUT2D eigenvalue weighted by atomic mass is 10.1. The second-order valence-corrected chi connectivity index (χ2v) is 5.93. The van der Waals surface area contributed by atoms with Gasteiger partial charge in [-0.3, -0.25) is 9.69 Å². The van der Waals surface area contributed by atoms with E-state index in [1.807, 2.05) is 13.0 Å². The molecule has 0 radical (unpaired) electrons. The van der Waals surface area contributed by atoms with Crippen molar-refractivity contribution in [1.82, 2.24) is 4.98 Å². The monoisotopic (exact) mass is 348 g/mol. The van der Waals surface area contributed by atoms with Crippen LogP contribution in [0.4, 0.5) is 5.13 Å². The van der Waals surface area contributed by atoms with Crippen LogP contribution in [0, 0.1) is 0 Å². The Morgan fingerprint density at radius 3 is 2.75 bits per heavy atom. The second kappa shape index (κ2) is 8.56. The van der Waals surface area contributed by atoms with Gasteiger partial charge in [0.2, 0.25) is 5.91 Å². The van der Waals surface area contributed by atoms with E-state index in [4.69, 9.17) is 9.47 Å². The van der Waals surface area contributed by atoms with E-state index in [1.165, 1.54) is 18.3 Å². The minimum atomic E-state index is -0.415. The summed E-state index contributed by atoms with van der Waals surface area (Å²) < 4.78 is 10.3. The molecule has 0 N–H and O–H groups in total. The third-order valence-electron chi connectivity index (χ3n) is 3.29. The largest absolute Gasteiger partial charge is 0.456 e. The first kappa shape index (κ1) is 18.1. The minimum absolute atomic E-state index is 0.0645. The highest BCUT2D eigenvalue weighted by atomic mass is 32.1. The van der Waals surface area contributed by atoms with Crippen LogP contribution in [-0.2, 0) is 27.5 Å². The molecule has 24 heavy (non-hydrogen) atoms. The number of benzene rings is 1. The molecule has 7 heteroatoms. The molecule has 0 saturated carbocycles. The highest BCUT2D eigenvalue weighted by molar-refractivity contribution is 7.14. The van der Waals surface area contributed by atoms with Gasteiger partial charge < -0.3 is 9.47 Å². The van der Waals surface area contributed by atoms with Crippen LogP contribution in [0.2, 0.25) is 0 Å². The molecule has 2 rings (SSSR count). The summed E-state index contributed by atoms with van der Waals surface area (Å²) in [6.07, 6.45) is 0. The number of amides is 1. The maximum absolute atomic E-state index is 12.1. The molecule has 0 unspecified atom stereocenters. The van der Waals surface area contributed by atoms with Crippen LogP contribution in [0.1, 0.15) is 35.5 Å². The van der Waals surface area contributed by atoms with Gasteiger partial charge in [0.1, 0.15) is 6.61 Å². The fraction of sp³-hybridized carbons (Fsp3) is 0.353. The van der Waals surface area contributed by atoms with Crippen molar-refractivity contribution in [1.29, 1.82) is 0 Å². The summed E-state index contributed by atoms with van der Waals surface area (Å²) >= 11 is 1.35. The molecule has 6 nitrogen and oxygen atoms in total. The molecule has 0 bridgehead atoms. The van der Waals surface area contributed by atoms with E-state index in [2.05, 4.69) is 4.98 Å². The zero-order valence-corrected chi connectivity index (χ0v) is 14.8. The maximum Gasteiger partial charge on any atom is 0.338 e. The van der Waals surface area contributed by atoms with Crippen molar-refractivity contribution in [3.63, 3.8) is 0 Å². The number of aromatic nitrogens is 1. The molecule has 1 aromatic heterocycles. The Morgan fingerprint density at radius 2 is 2.08 bits per heavy atom. The van der Waals surface area contributed by atoms with E-state index in [0.29, 0.717) is 29.5 Å². The Bertz CT molecular complexity index is 714. The van der Waals surface area contributed by atoms with E-state index < -0.39 is 5.97 Å². The zero-order valence-electron chi connectivity index (χ0n) is 13.9. The second-order valence-electron chi connectivity index (χ2n) is 5.09. The third kappa shape index (κ3) is 4.62. The Balaban J connectivity index is 1.98. The van der Waals surface area contributed by atoms with Crippen molar-refractivity contribution < 1.29 is 19.1 Å².